The molecule has 1 saturated heterocycles. The molecule has 0 spiro atoms. The van der Waals surface area contributed by atoms with Crippen LogP contribution in [0, 0.1) is 5.82 Å². The number of anilines is 3. The Bertz CT molecular complexity index is 1090. The van der Waals surface area contributed by atoms with Gasteiger partial charge in [-0.3, -0.25) is 4.79 Å². The third kappa shape index (κ3) is 3.85. The minimum absolute atomic E-state index is 0.000319. The van der Waals surface area contributed by atoms with E-state index in [0.29, 0.717) is 17.8 Å². The summed E-state index contributed by atoms with van der Waals surface area (Å²) in [5.74, 6) is 0.509. The van der Waals surface area contributed by atoms with Gasteiger partial charge in [0.1, 0.15) is 11.6 Å². The zero-order valence-corrected chi connectivity index (χ0v) is 17.3. The maximum Gasteiger partial charge on any atom is 0.262 e. The van der Waals surface area contributed by atoms with Gasteiger partial charge in [-0.05, 0) is 55.2 Å². The molecule has 1 amide bonds. The van der Waals surface area contributed by atoms with Crippen molar-refractivity contribution in [2.24, 2.45) is 0 Å². The highest BCUT2D eigenvalue weighted by atomic mass is 19.1. The Morgan fingerprint density at radius 1 is 0.968 bits per heavy atom. The average molecular weight is 417 g/mol. The summed E-state index contributed by atoms with van der Waals surface area (Å²) >= 11 is 0. The van der Waals surface area contributed by atoms with E-state index in [2.05, 4.69) is 21.3 Å². The summed E-state index contributed by atoms with van der Waals surface area (Å²) in [6.45, 7) is 2.22. The van der Waals surface area contributed by atoms with E-state index in [1.807, 2.05) is 41.3 Å². The van der Waals surface area contributed by atoms with Gasteiger partial charge in [-0.2, -0.15) is 0 Å². The second kappa shape index (κ2) is 8.38. The van der Waals surface area contributed by atoms with Crippen molar-refractivity contribution in [3.05, 3.63) is 83.8 Å². The molecule has 2 aliphatic heterocycles. The van der Waals surface area contributed by atoms with Crippen LogP contribution in [0.5, 0.6) is 0 Å². The molecule has 0 radical (unpaired) electrons. The fourth-order valence-electron chi connectivity index (χ4n) is 4.54. The molecule has 31 heavy (non-hydrogen) atoms. The van der Waals surface area contributed by atoms with Crippen molar-refractivity contribution in [3.63, 3.8) is 0 Å². The number of nitrogens with zero attached hydrogens (tertiary/aromatic N) is 3. The lowest BCUT2D eigenvalue weighted by atomic mass is 10.0. The Labute approximate surface area is 181 Å². The summed E-state index contributed by atoms with van der Waals surface area (Å²) in [5.41, 5.74) is 3.39. The van der Waals surface area contributed by atoms with E-state index in [4.69, 9.17) is 0 Å². The number of carbonyl (C=O) groups is 1. The van der Waals surface area contributed by atoms with Crippen molar-refractivity contribution in [3.8, 4) is 0 Å². The number of fused-ring (bicyclic) bond motifs is 1. The van der Waals surface area contributed by atoms with Gasteiger partial charge in [0.15, 0.2) is 0 Å². The van der Waals surface area contributed by atoms with Crippen LogP contribution < -0.4 is 15.1 Å². The zero-order chi connectivity index (χ0) is 21.2. The fourth-order valence-corrected chi connectivity index (χ4v) is 4.54. The number of hydrogen-bond donors (Lipinski definition) is 1. The van der Waals surface area contributed by atoms with Crippen LogP contribution in [0.3, 0.4) is 0 Å². The predicted octanol–water partition coefficient (Wildman–Crippen LogP) is 4.50. The molecule has 3 heterocycles. The largest absolute Gasteiger partial charge is 0.380 e. The topological polar surface area (TPSA) is 48.5 Å². The first-order valence-electron chi connectivity index (χ1n) is 10.8. The number of amides is 1. The van der Waals surface area contributed by atoms with Crippen LogP contribution in [-0.4, -0.2) is 36.6 Å². The summed E-state index contributed by atoms with van der Waals surface area (Å²) in [5, 5.41) is 3.32. The van der Waals surface area contributed by atoms with Gasteiger partial charge < -0.3 is 15.1 Å². The van der Waals surface area contributed by atoms with E-state index in [1.165, 1.54) is 11.6 Å². The minimum atomic E-state index is -0.228. The van der Waals surface area contributed by atoms with E-state index in [9.17, 15) is 9.18 Å². The van der Waals surface area contributed by atoms with Crippen molar-refractivity contribution in [2.45, 2.75) is 25.3 Å². The van der Waals surface area contributed by atoms with Crippen LogP contribution in [0.4, 0.5) is 21.6 Å². The Morgan fingerprint density at radius 3 is 2.58 bits per heavy atom. The molecule has 0 unspecified atom stereocenters. The Hall–Kier alpha value is -3.41. The molecule has 2 aromatic carbocycles. The summed E-state index contributed by atoms with van der Waals surface area (Å²) in [4.78, 5) is 22.0. The maximum absolute atomic E-state index is 14.0. The molecule has 0 atom stereocenters. The molecule has 1 N–H and O–H groups in total. The fraction of sp³-hybridized carbons (Fsp3) is 0.280. The summed E-state index contributed by atoms with van der Waals surface area (Å²) < 4.78 is 14.0. The second-order valence-corrected chi connectivity index (χ2v) is 8.10. The highest BCUT2D eigenvalue weighted by Gasteiger charge is 2.29. The number of hydrogen-bond acceptors (Lipinski definition) is 4. The van der Waals surface area contributed by atoms with Gasteiger partial charge in [0.05, 0.1) is 11.3 Å². The molecule has 6 heteroatoms. The highest BCUT2D eigenvalue weighted by molar-refractivity contribution is 6.10. The molecule has 0 bridgehead atoms. The molecule has 0 aliphatic carbocycles. The van der Waals surface area contributed by atoms with Gasteiger partial charge in [0.25, 0.3) is 5.91 Å². The number of nitrogens with one attached hydrogen (secondary N) is 1. The van der Waals surface area contributed by atoms with Gasteiger partial charge in [0, 0.05) is 37.6 Å². The molecule has 3 aromatic rings. The minimum Gasteiger partial charge on any atom is -0.380 e. The molecule has 0 saturated carbocycles. The van der Waals surface area contributed by atoms with Crippen LogP contribution in [0.2, 0.25) is 0 Å². The number of halogens is 1. The molecule has 1 aromatic heterocycles. The van der Waals surface area contributed by atoms with E-state index in [-0.39, 0.29) is 17.8 Å². The van der Waals surface area contributed by atoms with Crippen molar-refractivity contribution in [1.29, 1.82) is 0 Å². The third-order valence-corrected chi connectivity index (χ3v) is 6.18. The number of pyridine rings is 1. The van der Waals surface area contributed by atoms with Crippen LogP contribution in [-0.2, 0) is 6.42 Å². The summed E-state index contributed by atoms with van der Waals surface area (Å²) in [6, 6.07) is 18.7. The lowest BCUT2D eigenvalue weighted by molar-refractivity contribution is 0.0989. The predicted molar refractivity (Wildman–Crippen MR) is 121 cm³/mol. The first-order valence-corrected chi connectivity index (χ1v) is 10.8. The van der Waals surface area contributed by atoms with E-state index in [0.717, 1.165) is 43.9 Å². The summed E-state index contributed by atoms with van der Waals surface area (Å²) in [7, 11) is 0. The number of piperidine rings is 1. The van der Waals surface area contributed by atoms with E-state index < -0.39 is 0 Å². The second-order valence-electron chi connectivity index (χ2n) is 8.10. The number of aromatic nitrogens is 1. The summed E-state index contributed by atoms with van der Waals surface area (Å²) in [6.07, 6.45) is 4.33. The first-order chi connectivity index (χ1) is 15.2. The van der Waals surface area contributed by atoms with E-state index >= 15 is 0 Å². The molecular weight excluding hydrogens is 391 g/mol. The standard InChI is InChI=1S/C25H25FN4O/c26-21-8-2-3-9-22(21)28-19-12-15-29(16-13-19)24-20(7-5-14-27-24)25(31)30-17-11-18-6-1-4-10-23(18)30/h1-10,14,19,28H,11-13,15-17H2. The van der Waals surface area contributed by atoms with Gasteiger partial charge >= 0.3 is 0 Å². The Kier molecular flexibility index (Phi) is 5.28. The van der Waals surface area contributed by atoms with Gasteiger partial charge in [-0.25, -0.2) is 9.37 Å². The Balaban J connectivity index is 1.30. The smallest absolute Gasteiger partial charge is 0.262 e. The Morgan fingerprint density at radius 2 is 1.74 bits per heavy atom. The third-order valence-electron chi connectivity index (χ3n) is 6.18. The van der Waals surface area contributed by atoms with Crippen LogP contribution in [0.1, 0.15) is 28.8 Å². The molecule has 5 rings (SSSR count). The average Bonchev–Trinajstić information content (AvgIpc) is 3.25. The van der Waals surface area contributed by atoms with Gasteiger partial charge in [0.2, 0.25) is 0 Å². The van der Waals surface area contributed by atoms with Gasteiger partial charge in [-0.15, -0.1) is 0 Å². The van der Waals surface area contributed by atoms with Crippen molar-refractivity contribution < 1.29 is 9.18 Å². The molecule has 5 nitrogen and oxygen atoms in total. The number of para-hydroxylation sites is 2. The normalized spacial score (nSPS) is 16.3. The van der Waals surface area contributed by atoms with Crippen LogP contribution in [0.25, 0.3) is 0 Å². The highest BCUT2D eigenvalue weighted by Crippen LogP contribution is 2.31. The molecular formula is C25H25FN4O. The van der Waals surface area contributed by atoms with Crippen molar-refractivity contribution >= 4 is 23.1 Å². The molecule has 158 valence electrons. The quantitative estimate of drug-likeness (QED) is 0.680. The van der Waals surface area contributed by atoms with Crippen molar-refractivity contribution in [1.82, 2.24) is 4.98 Å². The first kappa shape index (κ1) is 19.5. The number of carbonyl (C=O) groups excluding carboxylic acids is 1. The number of rotatable bonds is 4. The SMILES string of the molecule is O=C(c1cccnc1N1CCC(Nc2ccccc2F)CC1)N1CCc2ccccc21. The lowest BCUT2D eigenvalue weighted by Crippen LogP contribution is -2.41. The van der Waals surface area contributed by atoms with E-state index in [1.54, 1.807) is 18.3 Å². The van der Waals surface area contributed by atoms with Gasteiger partial charge in [-0.1, -0.05) is 30.3 Å². The molecule has 1 fully saturated rings. The van der Waals surface area contributed by atoms with Crippen LogP contribution in [0.15, 0.2) is 66.9 Å². The zero-order valence-electron chi connectivity index (χ0n) is 17.3. The van der Waals surface area contributed by atoms with Crippen molar-refractivity contribution in [2.75, 3.05) is 34.8 Å². The monoisotopic (exact) mass is 416 g/mol. The van der Waals surface area contributed by atoms with Crippen LogP contribution >= 0.6 is 0 Å². The number of benzene rings is 2. The maximum atomic E-state index is 14.0. The molecule has 2 aliphatic rings. The lowest BCUT2D eigenvalue weighted by Gasteiger charge is -2.34.